The van der Waals surface area contributed by atoms with Gasteiger partial charge in [-0.1, -0.05) is 0 Å². The molecule has 1 atom stereocenters. The highest BCUT2D eigenvalue weighted by Gasteiger charge is 2.28. The van der Waals surface area contributed by atoms with Gasteiger partial charge in [-0.15, -0.1) is 11.3 Å². The molecule has 3 heterocycles. The number of hydrogen-bond acceptors (Lipinski definition) is 6. The zero-order valence-corrected chi connectivity index (χ0v) is 12.8. The Morgan fingerprint density at radius 2 is 2.14 bits per heavy atom. The van der Waals surface area contributed by atoms with Crippen molar-refractivity contribution in [3.05, 3.63) is 47.8 Å². The highest BCUT2D eigenvalue weighted by atomic mass is 32.1. The molecule has 0 saturated carbocycles. The third-order valence-corrected chi connectivity index (χ3v) is 4.70. The van der Waals surface area contributed by atoms with E-state index in [4.69, 9.17) is 10.2 Å². The lowest BCUT2D eigenvalue weighted by atomic mass is 10.1. The maximum atomic E-state index is 5.78. The van der Waals surface area contributed by atoms with Crippen LogP contribution in [0.1, 0.15) is 24.6 Å². The van der Waals surface area contributed by atoms with Crippen molar-refractivity contribution in [3.63, 3.8) is 0 Å². The van der Waals surface area contributed by atoms with E-state index in [0.717, 1.165) is 24.2 Å². The summed E-state index contributed by atoms with van der Waals surface area (Å²) in [5.74, 6) is 0.650. The first-order chi connectivity index (χ1) is 10.8. The summed E-state index contributed by atoms with van der Waals surface area (Å²) < 4.78 is 5.33. The number of nitrogens with two attached hydrogens (primary N) is 1. The second-order valence-corrected chi connectivity index (χ2v) is 6.24. The fourth-order valence-electron chi connectivity index (χ4n) is 3.00. The van der Waals surface area contributed by atoms with Crippen LogP contribution in [0.25, 0.3) is 11.5 Å². The van der Waals surface area contributed by atoms with Gasteiger partial charge in [0.05, 0.1) is 17.9 Å². The standard InChI is InChI=1S/C16H16N4OS/c17-16-19-13(10-22-16)14-2-1-8-20(14)12-5-3-11(4-6-12)15-18-7-9-21-15/h3-7,9-10,14H,1-2,8H2,(H2,17,19)/t14-/m1/s1. The van der Waals surface area contributed by atoms with Crippen LogP contribution in [0.3, 0.4) is 0 Å². The smallest absolute Gasteiger partial charge is 0.225 e. The van der Waals surface area contributed by atoms with E-state index >= 15 is 0 Å². The second kappa shape index (κ2) is 5.46. The van der Waals surface area contributed by atoms with E-state index in [2.05, 4.69) is 32.4 Å². The Hall–Kier alpha value is -2.34. The molecular formula is C16H16N4OS. The van der Waals surface area contributed by atoms with Crippen LogP contribution in [0.2, 0.25) is 0 Å². The van der Waals surface area contributed by atoms with Gasteiger partial charge in [0.1, 0.15) is 6.26 Å². The van der Waals surface area contributed by atoms with Crippen molar-refractivity contribution < 1.29 is 4.42 Å². The van der Waals surface area contributed by atoms with Gasteiger partial charge in [0.25, 0.3) is 0 Å². The molecule has 5 nitrogen and oxygen atoms in total. The van der Waals surface area contributed by atoms with Crippen molar-refractivity contribution in [1.29, 1.82) is 0 Å². The summed E-state index contributed by atoms with van der Waals surface area (Å²) >= 11 is 1.51. The largest absolute Gasteiger partial charge is 0.445 e. The maximum absolute atomic E-state index is 5.78. The van der Waals surface area contributed by atoms with Crippen molar-refractivity contribution in [2.24, 2.45) is 0 Å². The van der Waals surface area contributed by atoms with Crippen LogP contribution < -0.4 is 10.6 Å². The summed E-state index contributed by atoms with van der Waals surface area (Å²) in [6.45, 7) is 1.04. The van der Waals surface area contributed by atoms with Crippen molar-refractivity contribution in [1.82, 2.24) is 9.97 Å². The molecule has 1 fully saturated rings. The fraction of sp³-hybridized carbons (Fsp3) is 0.250. The van der Waals surface area contributed by atoms with Gasteiger partial charge in [-0.3, -0.25) is 0 Å². The monoisotopic (exact) mass is 312 g/mol. The molecule has 0 spiro atoms. The number of oxazole rings is 1. The summed E-state index contributed by atoms with van der Waals surface area (Å²) in [5, 5.41) is 2.71. The third-order valence-electron chi connectivity index (χ3n) is 4.01. The molecule has 0 amide bonds. The summed E-state index contributed by atoms with van der Waals surface area (Å²) in [7, 11) is 0. The first kappa shape index (κ1) is 13.3. The van der Waals surface area contributed by atoms with E-state index in [0.29, 0.717) is 17.1 Å². The van der Waals surface area contributed by atoms with Gasteiger partial charge in [-0.25, -0.2) is 9.97 Å². The number of hydrogen-bond donors (Lipinski definition) is 1. The molecule has 4 rings (SSSR count). The molecule has 112 valence electrons. The molecule has 0 radical (unpaired) electrons. The van der Waals surface area contributed by atoms with Crippen LogP contribution >= 0.6 is 11.3 Å². The first-order valence-corrected chi connectivity index (χ1v) is 8.17. The number of rotatable bonds is 3. The van der Waals surface area contributed by atoms with E-state index in [1.807, 2.05) is 12.1 Å². The van der Waals surface area contributed by atoms with Gasteiger partial charge >= 0.3 is 0 Å². The average Bonchev–Trinajstić information content (AvgIpc) is 3.28. The van der Waals surface area contributed by atoms with Crippen molar-refractivity contribution in [2.75, 3.05) is 17.2 Å². The van der Waals surface area contributed by atoms with Gasteiger partial charge in [0.15, 0.2) is 5.13 Å². The predicted octanol–water partition coefficient (Wildman–Crippen LogP) is 3.72. The van der Waals surface area contributed by atoms with Crippen molar-refractivity contribution in [3.8, 4) is 11.5 Å². The average molecular weight is 312 g/mol. The number of aromatic nitrogens is 2. The lowest BCUT2D eigenvalue weighted by molar-refractivity contribution is 0.574. The Morgan fingerprint density at radius 3 is 2.82 bits per heavy atom. The van der Waals surface area contributed by atoms with E-state index in [1.165, 1.54) is 23.4 Å². The quantitative estimate of drug-likeness (QED) is 0.798. The Morgan fingerprint density at radius 1 is 1.27 bits per heavy atom. The van der Waals surface area contributed by atoms with E-state index in [-0.39, 0.29) is 0 Å². The Bertz CT molecular complexity index is 751. The molecule has 0 bridgehead atoms. The molecule has 1 aliphatic rings. The molecule has 0 unspecified atom stereocenters. The van der Waals surface area contributed by atoms with E-state index < -0.39 is 0 Å². The van der Waals surface area contributed by atoms with Gasteiger partial charge in [0.2, 0.25) is 5.89 Å². The minimum atomic E-state index is 0.320. The van der Waals surface area contributed by atoms with Gasteiger partial charge < -0.3 is 15.1 Å². The first-order valence-electron chi connectivity index (χ1n) is 7.29. The molecule has 22 heavy (non-hydrogen) atoms. The molecule has 1 saturated heterocycles. The van der Waals surface area contributed by atoms with Gasteiger partial charge in [-0.05, 0) is 37.1 Å². The highest BCUT2D eigenvalue weighted by Crippen LogP contribution is 2.37. The Labute approximate surface area is 132 Å². The zero-order chi connectivity index (χ0) is 14.9. The SMILES string of the molecule is Nc1nc([C@H]2CCCN2c2ccc(-c3ncco3)cc2)cs1. The molecule has 1 aromatic carbocycles. The third kappa shape index (κ3) is 2.35. The number of benzene rings is 1. The summed E-state index contributed by atoms with van der Waals surface area (Å²) in [6.07, 6.45) is 5.53. The van der Waals surface area contributed by atoms with Crippen LogP contribution in [-0.2, 0) is 0 Å². The second-order valence-electron chi connectivity index (χ2n) is 5.35. The molecular weight excluding hydrogens is 296 g/mol. The number of nitrogens with zero attached hydrogens (tertiary/aromatic N) is 3. The fourth-order valence-corrected chi connectivity index (χ4v) is 3.61. The summed E-state index contributed by atoms with van der Waals surface area (Å²) in [6, 6.07) is 8.65. The van der Waals surface area contributed by atoms with Crippen molar-refractivity contribution >= 4 is 22.2 Å². The predicted molar refractivity (Wildman–Crippen MR) is 87.8 cm³/mol. The van der Waals surface area contributed by atoms with Crippen LogP contribution in [0, 0.1) is 0 Å². The van der Waals surface area contributed by atoms with Crippen LogP contribution in [-0.4, -0.2) is 16.5 Å². The van der Waals surface area contributed by atoms with Crippen molar-refractivity contribution in [2.45, 2.75) is 18.9 Å². The number of thiazole rings is 1. The van der Waals surface area contributed by atoms with Crippen LogP contribution in [0.15, 0.2) is 46.5 Å². The Kier molecular flexibility index (Phi) is 3.31. The number of anilines is 2. The summed E-state index contributed by atoms with van der Waals surface area (Å²) in [5.41, 5.74) is 9.04. The number of nitrogen functional groups attached to an aromatic ring is 1. The molecule has 1 aliphatic heterocycles. The zero-order valence-electron chi connectivity index (χ0n) is 12.0. The molecule has 6 heteroatoms. The molecule has 0 aliphatic carbocycles. The van der Waals surface area contributed by atoms with Gasteiger partial charge in [-0.2, -0.15) is 0 Å². The normalized spacial score (nSPS) is 18.0. The van der Waals surface area contributed by atoms with E-state index in [1.54, 1.807) is 12.5 Å². The highest BCUT2D eigenvalue weighted by molar-refractivity contribution is 7.13. The topological polar surface area (TPSA) is 68.2 Å². The lowest BCUT2D eigenvalue weighted by Gasteiger charge is -2.25. The van der Waals surface area contributed by atoms with Gasteiger partial charge in [0, 0.05) is 23.2 Å². The van der Waals surface area contributed by atoms with Crippen LogP contribution in [0.4, 0.5) is 10.8 Å². The van der Waals surface area contributed by atoms with Crippen LogP contribution in [0.5, 0.6) is 0 Å². The molecule has 2 aromatic heterocycles. The Balaban J connectivity index is 1.60. The lowest BCUT2D eigenvalue weighted by Crippen LogP contribution is -2.22. The molecule has 3 aromatic rings. The van der Waals surface area contributed by atoms with E-state index in [9.17, 15) is 0 Å². The minimum Gasteiger partial charge on any atom is -0.445 e. The maximum Gasteiger partial charge on any atom is 0.225 e. The molecule has 2 N–H and O–H groups in total. The minimum absolute atomic E-state index is 0.320. The summed E-state index contributed by atoms with van der Waals surface area (Å²) in [4.78, 5) is 11.0.